The van der Waals surface area contributed by atoms with E-state index in [2.05, 4.69) is 48.1 Å². The van der Waals surface area contributed by atoms with Crippen LogP contribution in [-0.4, -0.2) is 61.8 Å². The van der Waals surface area contributed by atoms with Crippen molar-refractivity contribution >= 4 is 26.0 Å². The van der Waals surface area contributed by atoms with Crippen molar-refractivity contribution in [1.29, 1.82) is 0 Å². The van der Waals surface area contributed by atoms with Crippen molar-refractivity contribution in [2.45, 2.75) is 103 Å². The van der Waals surface area contributed by atoms with Gasteiger partial charge < -0.3 is 23.9 Å². The van der Waals surface area contributed by atoms with Gasteiger partial charge in [0.05, 0.1) is 24.4 Å². The molecule has 0 radical (unpaired) electrons. The van der Waals surface area contributed by atoms with Gasteiger partial charge in [0.1, 0.15) is 11.4 Å². The molecular formula is C28H44N2O6Si. The third-order valence-corrected chi connectivity index (χ3v) is 13.5. The largest absolute Gasteiger partial charge is 0.540 e. The van der Waals surface area contributed by atoms with E-state index in [1.165, 1.54) is 4.90 Å². The van der Waals surface area contributed by atoms with Crippen LogP contribution >= 0.6 is 0 Å². The minimum atomic E-state index is -2.41. The Morgan fingerprint density at radius 2 is 1.65 bits per heavy atom. The summed E-state index contributed by atoms with van der Waals surface area (Å²) in [5, 5.41) is 11.5. The van der Waals surface area contributed by atoms with E-state index in [0.717, 1.165) is 5.57 Å². The summed E-state index contributed by atoms with van der Waals surface area (Å²) in [6.07, 6.45) is -1.66. The first-order valence-electron chi connectivity index (χ1n) is 13.1. The summed E-state index contributed by atoms with van der Waals surface area (Å²) in [6.45, 7) is 22.7. The molecule has 206 valence electrons. The number of hydrogen-bond acceptors (Lipinski definition) is 6. The van der Waals surface area contributed by atoms with Crippen molar-refractivity contribution in [1.82, 2.24) is 4.90 Å². The van der Waals surface area contributed by atoms with Crippen molar-refractivity contribution in [3.05, 3.63) is 29.8 Å². The second kappa shape index (κ2) is 10.3. The molecule has 1 aromatic rings. The molecule has 2 amide bonds. The van der Waals surface area contributed by atoms with Gasteiger partial charge in [0, 0.05) is 12.6 Å². The molecule has 2 atom stereocenters. The molecule has 1 fully saturated rings. The topological polar surface area (TPSA) is 88.5 Å². The van der Waals surface area contributed by atoms with Crippen LogP contribution in [0.4, 0.5) is 10.5 Å². The molecule has 0 bridgehead atoms. The summed E-state index contributed by atoms with van der Waals surface area (Å²) in [5.74, 6) is 0.582. The highest BCUT2D eigenvalue weighted by Crippen LogP contribution is 2.47. The fraction of sp³-hybridized carbons (Fsp3) is 0.643. The monoisotopic (exact) mass is 532 g/mol. The quantitative estimate of drug-likeness (QED) is 0.352. The van der Waals surface area contributed by atoms with E-state index in [1.54, 1.807) is 44.9 Å². The summed E-state index contributed by atoms with van der Waals surface area (Å²) in [5.41, 5.74) is 1.40. The molecule has 8 nitrogen and oxygen atoms in total. The number of fused-ring (bicyclic) bond motifs is 2. The molecule has 3 rings (SSSR count). The second-order valence-electron chi connectivity index (χ2n) is 12.2. The van der Waals surface area contributed by atoms with E-state index in [9.17, 15) is 14.7 Å². The van der Waals surface area contributed by atoms with E-state index in [4.69, 9.17) is 13.9 Å². The van der Waals surface area contributed by atoms with Crippen LogP contribution < -0.4 is 14.1 Å². The first kappa shape index (κ1) is 29.0. The summed E-state index contributed by atoms with van der Waals surface area (Å²) < 4.78 is 18.4. The fourth-order valence-corrected chi connectivity index (χ4v) is 11.3. The molecule has 0 spiro atoms. The highest BCUT2D eigenvalue weighted by molar-refractivity contribution is 6.78. The van der Waals surface area contributed by atoms with E-state index >= 15 is 0 Å². The van der Waals surface area contributed by atoms with Gasteiger partial charge >= 0.3 is 6.09 Å². The predicted octanol–water partition coefficient (Wildman–Crippen LogP) is 6.09. The van der Waals surface area contributed by atoms with Crippen molar-refractivity contribution in [2.24, 2.45) is 0 Å². The number of aliphatic hydroxyl groups excluding tert-OH is 1. The molecule has 2 aliphatic heterocycles. The van der Waals surface area contributed by atoms with Gasteiger partial charge in [-0.25, -0.2) is 9.69 Å². The Kier molecular flexibility index (Phi) is 8.10. The zero-order chi connectivity index (χ0) is 28.0. The smallest absolute Gasteiger partial charge is 0.417 e. The SMILES string of the molecule is C=C1C[C@H]2[C@H](O)N(C(=O)OC(C)(C)C)c3cc(O[Si](C(C)C)(C(C)C)C(C)C)c(OC)cc3C(=O)N2C1. The number of hydrogen-bond donors (Lipinski definition) is 1. The van der Waals surface area contributed by atoms with E-state index in [1.807, 2.05) is 0 Å². The van der Waals surface area contributed by atoms with Crippen molar-refractivity contribution in [3.8, 4) is 11.5 Å². The number of ether oxygens (including phenoxy) is 2. The van der Waals surface area contributed by atoms with Crippen LogP contribution in [0.3, 0.4) is 0 Å². The van der Waals surface area contributed by atoms with Gasteiger partial charge in [0.25, 0.3) is 14.2 Å². The molecule has 0 aliphatic carbocycles. The maximum absolute atomic E-state index is 13.8. The lowest BCUT2D eigenvalue weighted by Gasteiger charge is -2.42. The third-order valence-electron chi connectivity index (χ3n) is 7.52. The van der Waals surface area contributed by atoms with Crippen LogP contribution in [0.25, 0.3) is 0 Å². The maximum Gasteiger partial charge on any atom is 0.417 e. The van der Waals surface area contributed by atoms with Gasteiger partial charge in [-0.15, -0.1) is 0 Å². The second-order valence-corrected chi connectivity index (χ2v) is 17.5. The molecule has 0 aromatic heterocycles. The minimum absolute atomic E-state index is 0.247. The lowest BCUT2D eigenvalue weighted by molar-refractivity contribution is 0.0310. The van der Waals surface area contributed by atoms with E-state index in [0.29, 0.717) is 41.1 Å². The summed E-state index contributed by atoms with van der Waals surface area (Å²) in [7, 11) is -0.870. The van der Waals surface area contributed by atoms with Gasteiger partial charge in [-0.1, -0.05) is 53.7 Å². The zero-order valence-electron chi connectivity index (χ0n) is 24.0. The van der Waals surface area contributed by atoms with Crippen LogP contribution in [0.1, 0.15) is 79.1 Å². The van der Waals surface area contributed by atoms with Gasteiger partial charge in [-0.3, -0.25) is 4.79 Å². The molecule has 2 heterocycles. The van der Waals surface area contributed by atoms with Gasteiger partial charge in [0.15, 0.2) is 12.0 Å². The number of nitrogens with zero attached hydrogens (tertiary/aromatic N) is 2. The number of rotatable bonds is 6. The molecule has 1 N–H and O–H groups in total. The number of aliphatic hydroxyl groups is 1. The molecule has 1 aromatic carbocycles. The average molecular weight is 533 g/mol. The molecule has 9 heteroatoms. The van der Waals surface area contributed by atoms with Gasteiger partial charge in [-0.2, -0.15) is 0 Å². The molecule has 0 unspecified atom stereocenters. The summed E-state index contributed by atoms with van der Waals surface area (Å²) in [6, 6.07) is 2.66. The Morgan fingerprint density at radius 1 is 1.08 bits per heavy atom. The zero-order valence-corrected chi connectivity index (χ0v) is 25.0. The lowest BCUT2D eigenvalue weighted by atomic mass is 10.1. The normalized spacial score (nSPS) is 20.4. The van der Waals surface area contributed by atoms with Crippen molar-refractivity contribution in [2.75, 3.05) is 18.6 Å². The number of amides is 2. The van der Waals surface area contributed by atoms with Crippen LogP contribution in [-0.2, 0) is 4.74 Å². The van der Waals surface area contributed by atoms with Gasteiger partial charge in [0.2, 0.25) is 0 Å². The van der Waals surface area contributed by atoms with E-state index < -0.39 is 32.3 Å². The molecule has 1 saturated heterocycles. The first-order chi connectivity index (χ1) is 17.0. The molecule has 2 aliphatic rings. The van der Waals surface area contributed by atoms with Crippen molar-refractivity contribution in [3.63, 3.8) is 0 Å². The Bertz CT molecular complexity index is 1040. The number of anilines is 1. The number of carbonyl (C=O) groups is 2. The van der Waals surface area contributed by atoms with Crippen molar-refractivity contribution < 1.29 is 28.6 Å². The Balaban J connectivity index is 2.27. The lowest BCUT2D eigenvalue weighted by Crippen LogP contribution is -2.52. The molecule has 0 saturated carbocycles. The van der Waals surface area contributed by atoms with Gasteiger partial charge in [-0.05, 0) is 49.9 Å². The minimum Gasteiger partial charge on any atom is -0.540 e. The fourth-order valence-electron chi connectivity index (χ4n) is 6.01. The Hall–Kier alpha value is -2.52. The van der Waals surface area contributed by atoms with E-state index in [-0.39, 0.29) is 17.2 Å². The highest BCUT2D eigenvalue weighted by atomic mass is 28.4. The van der Waals surface area contributed by atoms with Crippen LogP contribution in [0.2, 0.25) is 16.6 Å². The Morgan fingerprint density at radius 3 is 2.14 bits per heavy atom. The summed E-state index contributed by atoms with van der Waals surface area (Å²) in [4.78, 5) is 30.0. The first-order valence-corrected chi connectivity index (χ1v) is 15.3. The summed E-state index contributed by atoms with van der Waals surface area (Å²) >= 11 is 0. The molecule has 37 heavy (non-hydrogen) atoms. The standard InChI is InChI=1S/C28H44N2O6Si/c1-16(2)37(17(3)4,18(5)6)36-24-14-21-20(13-23(24)34-11)25(31)29-15-19(7)12-22(29)26(32)30(21)27(33)35-28(8,9)10/h13-14,16-18,22,26,32H,7,12,15H2,1-6,8-11H3/t22-,26-/m0/s1. The maximum atomic E-state index is 13.8. The van der Waals surface area contributed by atoms with Crippen LogP contribution in [0.5, 0.6) is 11.5 Å². The molecular weight excluding hydrogens is 488 g/mol. The highest BCUT2D eigenvalue weighted by Gasteiger charge is 2.49. The third kappa shape index (κ3) is 5.25. The Labute approximate surface area is 222 Å². The predicted molar refractivity (Wildman–Crippen MR) is 148 cm³/mol. The number of carbonyl (C=O) groups excluding carboxylic acids is 2. The van der Waals surface area contributed by atoms with Crippen LogP contribution in [0.15, 0.2) is 24.3 Å². The number of methoxy groups -OCH3 is 1. The van der Waals surface area contributed by atoms with Crippen LogP contribution in [0, 0.1) is 0 Å². The number of benzene rings is 1. The average Bonchev–Trinajstić information content (AvgIpc) is 3.13.